The van der Waals surface area contributed by atoms with E-state index < -0.39 is 6.23 Å². The third kappa shape index (κ3) is 4.51. The van der Waals surface area contributed by atoms with Crippen LogP contribution in [0.25, 0.3) is 0 Å². The highest BCUT2D eigenvalue weighted by Crippen LogP contribution is 2.36. The first-order valence-corrected chi connectivity index (χ1v) is 10.4. The van der Waals surface area contributed by atoms with Crippen LogP contribution in [0, 0.1) is 5.92 Å². The number of anilines is 1. The number of fused-ring (bicyclic) bond motifs is 1. The van der Waals surface area contributed by atoms with Crippen LogP contribution < -0.4 is 9.64 Å². The molecule has 152 valence electrons. The summed E-state index contributed by atoms with van der Waals surface area (Å²) in [7, 11) is 1.81. The number of hydrogen-bond donors (Lipinski definition) is 0. The van der Waals surface area contributed by atoms with Gasteiger partial charge in [-0.05, 0) is 62.0 Å². The summed E-state index contributed by atoms with van der Waals surface area (Å²) in [5, 5.41) is 0. The number of piperidine rings is 1. The van der Waals surface area contributed by atoms with Crippen molar-refractivity contribution in [1.82, 2.24) is 4.90 Å². The number of likely N-dealkylation sites (N-methyl/N-ethyl adjacent to an activating group) is 1. The van der Waals surface area contributed by atoms with Crippen LogP contribution in [-0.4, -0.2) is 49.9 Å². The SMILES string of the molecule is CN1c2ccc(C(=O)CCN3CCC(Cc4ccccc4)CC3)cc2OC1C=O. The standard InChI is InChI=1S/C24H28N2O3/c1-25-21-8-7-20(16-23(21)29-24(25)17-27)22(28)11-14-26-12-9-19(10-13-26)15-18-5-3-2-4-6-18/h2-8,16-17,19,24H,9-15H2,1H3. The first-order valence-electron chi connectivity index (χ1n) is 10.4. The topological polar surface area (TPSA) is 49.9 Å². The van der Waals surface area contributed by atoms with Crippen molar-refractivity contribution in [2.24, 2.45) is 5.92 Å². The zero-order valence-electron chi connectivity index (χ0n) is 16.9. The second-order valence-electron chi connectivity index (χ2n) is 8.09. The van der Waals surface area contributed by atoms with Crippen molar-refractivity contribution in [2.45, 2.75) is 31.9 Å². The highest BCUT2D eigenvalue weighted by atomic mass is 16.5. The van der Waals surface area contributed by atoms with Crippen molar-refractivity contribution < 1.29 is 14.3 Å². The number of ether oxygens (including phenoxy) is 1. The van der Waals surface area contributed by atoms with Crippen molar-refractivity contribution >= 4 is 17.8 Å². The van der Waals surface area contributed by atoms with Gasteiger partial charge in [0.1, 0.15) is 5.75 Å². The minimum absolute atomic E-state index is 0.125. The molecule has 0 radical (unpaired) electrons. The lowest BCUT2D eigenvalue weighted by atomic mass is 9.90. The quantitative estimate of drug-likeness (QED) is 0.533. The Bertz CT molecular complexity index is 860. The summed E-state index contributed by atoms with van der Waals surface area (Å²) in [6, 6.07) is 16.2. The number of carbonyl (C=O) groups excluding carboxylic acids is 2. The lowest BCUT2D eigenvalue weighted by molar-refractivity contribution is -0.113. The second-order valence-corrected chi connectivity index (χ2v) is 8.09. The van der Waals surface area contributed by atoms with Gasteiger partial charge in [0, 0.05) is 25.6 Å². The van der Waals surface area contributed by atoms with Gasteiger partial charge in [-0.25, -0.2) is 0 Å². The van der Waals surface area contributed by atoms with E-state index in [0.29, 0.717) is 17.7 Å². The molecule has 5 nitrogen and oxygen atoms in total. The predicted molar refractivity (Wildman–Crippen MR) is 114 cm³/mol. The highest BCUT2D eigenvalue weighted by Gasteiger charge is 2.28. The van der Waals surface area contributed by atoms with E-state index in [1.807, 2.05) is 19.2 Å². The normalized spacial score (nSPS) is 19.6. The summed E-state index contributed by atoms with van der Waals surface area (Å²) in [6.45, 7) is 2.92. The van der Waals surface area contributed by atoms with E-state index in [1.165, 1.54) is 18.4 Å². The Hall–Kier alpha value is -2.66. The summed E-state index contributed by atoms with van der Waals surface area (Å²) in [4.78, 5) is 27.9. The van der Waals surface area contributed by atoms with Crippen molar-refractivity contribution in [2.75, 3.05) is 31.6 Å². The van der Waals surface area contributed by atoms with Crippen LogP contribution >= 0.6 is 0 Å². The smallest absolute Gasteiger partial charge is 0.228 e. The Balaban J connectivity index is 1.25. The number of nitrogens with zero attached hydrogens (tertiary/aromatic N) is 2. The zero-order valence-corrected chi connectivity index (χ0v) is 16.9. The number of carbonyl (C=O) groups is 2. The third-order valence-electron chi connectivity index (χ3n) is 6.14. The van der Waals surface area contributed by atoms with Gasteiger partial charge in [-0.3, -0.25) is 9.59 Å². The molecule has 1 saturated heterocycles. The molecule has 1 unspecified atom stereocenters. The number of rotatable bonds is 7. The Morgan fingerprint density at radius 3 is 2.62 bits per heavy atom. The molecule has 0 bridgehead atoms. The molecule has 4 rings (SSSR count). The fourth-order valence-corrected chi connectivity index (χ4v) is 4.30. The molecule has 2 aliphatic rings. The fraction of sp³-hybridized carbons (Fsp3) is 0.417. The Morgan fingerprint density at radius 1 is 1.14 bits per heavy atom. The van der Waals surface area contributed by atoms with E-state index >= 15 is 0 Å². The number of aldehydes is 1. The maximum atomic E-state index is 12.7. The monoisotopic (exact) mass is 392 g/mol. The van der Waals surface area contributed by atoms with E-state index in [9.17, 15) is 9.59 Å². The van der Waals surface area contributed by atoms with Crippen LogP contribution in [0.15, 0.2) is 48.5 Å². The molecular weight excluding hydrogens is 364 g/mol. The molecule has 0 aliphatic carbocycles. The Morgan fingerprint density at radius 2 is 1.90 bits per heavy atom. The van der Waals surface area contributed by atoms with E-state index in [4.69, 9.17) is 4.74 Å². The predicted octanol–water partition coefficient (Wildman–Crippen LogP) is 3.57. The zero-order chi connectivity index (χ0) is 20.2. The van der Waals surface area contributed by atoms with Crippen LogP contribution in [0.1, 0.15) is 35.2 Å². The summed E-state index contributed by atoms with van der Waals surface area (Å²) in [5.41, 5.74) is 2.92. The number of ketones is 1. The lowest BCUT2D eigenvalue weighted by Crippen LogP contribution is -2.35. The van der Waals surface area contributed by atoms with Crippen molar-refractivity contribution in [3.8, 4) is 5.75 Å². The molecule has 0 amide bonds. The summed E-state index contributed by atoms with van der Waals surface area (Å²) < 4.78 is 5.61. The molecule has 2 aromatic rings. The third-order valence-corrected chi connectivity index (χ3v) is 6.14. The summed E-state index contributed by atoms with van der Waals surface area (Å²) in [5.74, 6) is 1.47. The van der Waals surface area contributed by atoms with Crippen molar-refractivity contribution in [1.29, 1.82) is 0 Å². The maximum absolute atomic E-state index is 12.7. The van der Waals surface area contributed by atoms with Gasteiger partial charge >= 0.3 is 0 Å². The molecule has 2 heterocycles. The van der Waals surface area contributed by atoms with Crippen LogP contribution in [-0.2, 0) is 11.2 Å². The number of benzene rings is 2. The van der Waals surface area contributed by atoms with E-state index in [2.05, 4.69) is 35.2 Å². The lowest BCUT2D eigenvalue weighted by Gasteiger charge is -2.31. The second kappa shape index (κ2) is 8.78. The van der Waals surface area contributed by atoms with Gasteiger partial charge in [0.15, 0.2) is 12.1 Å². The summed E-state index contributed by atoms with van der Waals surface area (Å²) in [6.07, 6.45) is 4.20. The van der Waals surface area contributed by atoms with Gasteiger partial charge in [0.2, 0.25) is 6.23 Å². The molecule has 2 aliphatic heterocycles. The molecule has 0 N–H and O–H groups in total. The van der Waals surface area contributed by atoms with Gasteiger partial charge in [-0.1, -0.05) is 30.3 Å². The molecule has 0 spiro atoms. The minimum atomic E-state index is -0.604. The molecule has 0 aromatic heterocycles. The molecule has 2 aromatic carbocycles. The Kier molecular flexibility index (Phi) is 5.95. The minimum Gasteiger partial charge on any atom is -0.461 e. The van der Waals surface area contributed by atoms with E-state index in [-0.39, 0.29) is 5.78 Å². The number of Topliss-reactive ketones (excluding diaryl/α,β-unsaturated/α-hetero) is 1. The van der Waals surface area contributed by atoms with E-state index in [0.717, 1.165) is 43.9 Å². The van der Waals surface area contributed by atoms with Crippen molar-refractivity contribution in [3.63, 3.8) is 0 Å². The van der Waals surface area contributed by atoms with Crippen LogP contribution in [0.3, 0.4) is 0 Å². The van der Waals surface area contributed by atoms with Crippen LogP contribution in [0.2, 0.25) is 0 Å². The number of likely N-dealkylation sites (tertiary alicyclic amines) is 1. The molecule has 1 atom stereocenters. The average molecular weight is 392 g/mol. The van der Waals surface area contributed by atoms with Crippen LogP contribution in [0.4, 0.5) is 5.69 Å². The first kappa shape index (κ1) is 19.6. The van der Waals surface area contributed by atoms with Gasteiger partial charge in [0.05, 0.1) is 5.69 Å². The number of hydrogen-bond acceptors (Lipinski definition) is 5. The molecule has 1 fully saturated rings. The molecule has 0 saturated carbocycles. The Labute approximate surface area is 172 Å². The van der Waals surface area contributed by atoms with Gasteiger partial charge in [-0.15, -0.1) is 0 Å². The van der Waals surface area contributed by atoms with Crippen molar-refractivity contribution in [3.05, 3.63) is 59.7 Å². The van der Waals surface area contributed by atoms with Gasteiger partial charge in [0.25, 0.3) is 0 Å². The van der Waals surface area contributed by atoms with Crippen LogP contribution in [0.5, 0.6) is 5.75 Å². The first-order chi connectivity index (χ1) is 14.1. The summed E-state index contributed by atoms with van der Waals surface area (Å²) >= 11 is 0. The maximum Gasteiger partial charge on any atom is 0.228 e. The highest BCUT2D eigenvalue weighted by molar-refractivity contribution is 5.97. The van der Waals surface area contributed by atoms with Gasteiger partial charge < -0.3 is 14.5 Å². The molecule has 5 heteroatoms. The van der Waals surface area contributed by atoms with E-state index in [1.54, 1.807) is 11.0 Å². The largest absolute Gasteiger partial charge is 0.461 e. The van der Waals surface area contributed by atoms with Gasteiger partial charge in [-0.2, -0.15) is 0 Å². The fourth-order valence-electron chi connectivity index (χ4n) is 4.30. The molecule has 29 heavy (non-hydrogen) atoms. The molecular formula is C24H28N2O3. The average Bonchev–Trinajstić information content (AvgIpc) is 3.09.